The lowest BCUT2D eigenvalue weighted by Crippen LogP contribution is -1.70. The van der Waals surface area contributed by atoms with Crippen molar-refractivity contribution in [1.29, 1.82) is 0 Å². The van der Waals surface area contributed by atoms with Gasteiger partial charge in [-0.2, -0.15) is 0 Å². The van der Waals surface area contributed by atoms with Gasteiger partial charge in [0.2, 0.25) is 0 Å². The van der Waals surface area contributed by atoms with Gasteiger partial charge >= 0.3 is 0 Å². The molecule has 0 unspecified atom stereocenters. The molecule has 0 aliphatic rings. The predicted octanol–water partition coefficient (Wildman–Crippen LogP) is 1.49. The van der Waals surface area contributed by atoms with Crippen molar-refractivity contribution in [3.63, 3.8) is 0 Å². The van der Waals surface area contributed by atoms with E-state index in [1.807, 2.05) is 6.07 Å². The minimum absolute atomic E-state index is 0.818. The summed E-state index contributed by atoms with van der Waals surface area (Å²) in [4.78, 5) is 7.99. The van der Waals surface area contributed by atoms with Crippen LogP contribution in [0.15, 0.2) is 17.8 Å². The van der Waals surface area contributed by atoms with Crippen LogP contribution in [-0.2, 0) is 0 Å². The molecule has 0 aliphatic heterocycles. The lowest BCUT2D eigenvalue weighted by molar-refractivity contribution is 1.32. The highest BCUT2D eigenvalue weighted by molar-refractivity contribution is 7.16. The van der Waals surface area contributed by atoms with E-state index in [1.54, 1.807) is 23.0 Å². The summed E-state index contributed by atoms with van der Waals surface area (Å²) in [6, 6.07) is 4.77. The standard InChI is InChI=1S/C6H3N2S/c1-2-5-6(7-3-1)8-4-9-5/h2-4H. The lowest BCUT2D eigenvalue weighted by Gasteiger charge is -1.79. The van der Waals surface area contributed by atoms with Crippen LogP contribution in [0.3, 0.4) is 0 Å². The zero-order valence-corrected chi connectivity index (χ0v) is 5.35. The monoisotopic (exact) mass is 135 g/mol. The third-order valence-corrected chi connectivity index (χ3v) is 1.82. The SMILES string of the molecule is [c]1cnc2ncsc2c1. The highest BCUT2D eigenvalue weighted by Crippen LogP contribution is 2.12. The Hall–Kier alpha value is -0.960. The number of nitrogens with zero attached hydrogens (tertiary/aromatic N) is 2. The number of rotatable bonds is 0. The van der Waals surface area contributed by atoms with E-state index in [0.717, 1.165) is 10.3 Å². The van der Waals surface area contributed by atoms with E-state index in [1.165, 1.54) is 0 Å². The van der Waals surface area contributed by atoms with E-state index in [2.05, 4.69) is 16.0 Å². The van der Waals surface area contributed by atoms with Gasteiger partial charge in [0, 0.05) is 12.3 Å². The molecule has 0 saturated carbocycles. The summed E-state index contributed by atoms with van der Waals surface area (Å²) in [5.41, 5.74) is 2.60. The van der Waals surface area contributed by atoms with Gasteiger partial charge in [-0.05, 0) is 6.07 Å². The molecule has 0 spiro atoms. The molecule has 43 valence electrons. The van der Waals surface area contributed by atoms with Crippen molar-refractivity contribution in [2.24, 2.45) is 0 Å². The molecule has 0 atom stereocenters. The molecule has 0 fully saturated rings. The highest BCUT2D eigenvalue weighted by atomic mass is 32.1. The fraction of sp³-hybridized carbons (Fsp3) is 0. The zero-order valence-electron chi connectivity index (χ0n) is 4.53. The number of hydrogen-bond donors (Lipinski definition) is 0. The van der Waals surface area contributed by atoms with Crippen LogP contribution in [0.4, 0.5) is 0 Å². The van der Waals surface area contributed by atoms with Crippen molar-refractivity contribution in [3.8, 4) is 0 Å². The topological polar surface area (TPSA) is 25.8 Å². The maximum atomic E-state index is 4.01. The van der Waals surface area contributed by atoms with Crippen LogP contribution in [0.25, 0.3) is 10.3 Å². The van der Waals surface area contributed by atoms with E-state index in [4.69, 9.17) is 0 Å². The Morgan fingerprint density at radius 3 is 3.33 bits per heavy atom. The van der Waals surface area contributed by atoms with E-state index in [0.29, 0.717) is 0 Å². The largest absolute Gasteiger partial charge is 0.235 e. The molecular formula is C6H3N2S. The van der Waals surface area contributed by atoms with Gasteiger partial charge in [-0.25, -0.2) is 9.97 Å². The first-order chi connectivity index (χ1) is 4.47. The molecular weight excluding hydrogens is 132 g/mol. The second-order valence-corrected chi connectivity index (χ2v) is 2.50. The first-order valence-electron chi connectivity index (χ1n) is 2.52. The summed E-state index contributed by atoms with van der Waals surface area (Å²) in [6.07, 6.45) is 1.63. The smallest absolute Gasteiger partial charge is 0.170 e. The third-order valence-electron chi connectivity index (χ3n) is 1.05. The molecule has 0 aromatic carbocycles. The number of fused-ring (bicyclic) bond motifs is 1. The van der Waals surface area contributed by atoms with E-state index in [9.17, 15) is 0 Å². The van der Waals surface area contributed by atoms with Gasteiger partial charge in [0.1, 0.15) is 0 Å². The van der Waals surface area contributed by atoms with E-state index >= 15 is 0 Å². The fourth-order valence-corrected chi connectivity index (χ4v) is 1.27. The van der Waals surface area contributed by atoms with Gasteiger partial charge in [-0.3, -0.25) is 0 Å². The lowest BCUT2D eigenvalue weighted by atomic mass is 10.5. The Kier molecular flexibility index (Phi) is 0.960. The summed E-state index contributed by atoms with van der Waals surface area (Å²) in [5.74, 6) is 0. The van der Waals surface area contributed by atoms with Crippen molar-refractivity contribution < 1.29 is 0 Å². The second-order valence-electron chi connectivity index (χ2n) is 1.61. The molecule has 3 heteroatoms. The average Bonchev–Trinajstić information content (AvgIpc) is 2.33. The minimum atomic E-state index is 0.818. The third kappa shape index (κ3) is 0.695. The first kappa shape index (κ1) is 4.88. The molecule has 0 aliphatic carbocycles. The maximum Gasteiger partial charge on any atom is 0.170 e. The molecule has 9 heavy (non-hydrogen) atoms. The molecule has 2 aromatic rings. The molecule has 0 N–H and O–H groups in total. The normalized spacial score (nSPS) is 10.2. The van der Waals surface area contributed by atoms with Gasteiger partial charge in [-0.15, -0.1) is 11.3 Å². The van der Waals surface area contributed by atoms with Gasteiger partial charge < -0.3 is 0 Å². The second kappa shape index (κ2) is 1.77. The number of aromatic nitrogens is 2. The molecule has 2 heterocycles. The van der Waals surface area contributed by atoms with Crippen molar-refractivity contribution in [2.45, 2.75) is 0 Å². The maximum absolute atomic E-state index is 4.01. The van der Waals surface area contributed by atoms with Crippen LogP contribution < -0.4 is 0 Å². The molecule has 0 amide bonds. The van der Waals surface area contributed by atoms with Crippen molar-refractivity contribution in [1.82, 2.24) is 9.97 Å². The van der Waals surface area contributed by atoms with Crippen LogP contribution in [0.5, 0.6) is 0 Å². The Balaban J connectivity index is 2.95. The van der Waals surface area contributed by atoms with Gasteiger partial charge in [0.05, 0.1) is 10.2 Å². The van der Waals surface area contributed by atoms with Crippen molar-refractivity contribution in [2.75, 3.05) is 0 Å². The summed E-state index contributed by atoms with van der Waals surface area (Å²) in [6.45, 7) is 0. The van der Waals surface area contributed by atoms with Gasteiger partial charge in [0.25, 0.3) is 0 Å². The predicted molar refractivity (Wildman–Crippen MR) is 36.3 cm³/mol. The summed E-state index contributed by atoms with van der Waals surface area (Å²) >= 11 is 1.58. The van der Waals surface area contributed by atoms with Crippen LogP contribution in [0, 0.1) is 6.07 Å². The molecule has 2 nitrogen and oxygen atoms in total. The minimum Gasteiger partial charge on any atom is -0.235 e. The molecule has 1 radical (unpaired) electrons. The Morgan fingerprint density at radius 1 is 1.44 bits per heavy atom. The quantitative estimate of drug-likeness (QED) is 0.547. The van der Waals surface area contributed by atoms with Gasteiger partial charge in [0.15, 0.2) is 5.65 Å². The molecule has 0 saturated heterocycles. The molecule has 0 bridgehead atoms. The van der Waals surface area contributed by atoms with Crippen LogP contribution in [-0.4, -0.2) is 9.97 Å². The highest BCUT2D eigenvalue weighted by Gasteiger charge is 1.91. The Morgan fingerprint density at radius 2 is 2.44 bits per heavy atom. The molecule has 2 rings (SSSR count). The van der Waals surface area contributed by atoms with Crippen LogP contribution in [0.1, 0.15) is 0 Å². The summed E-state index contributed by atoms with van der Waals surface area (Å²) in [5, 5.41) is 0. The van der Waals surface area contributed by atoms with Crippen LogP contribution in [0.2, 0.25) is 0 Å². The number of hydrogen-bond acceptors (Lipinski definition) is 3. The fourth-order valence-electron chi connectivity index (χ4n) is 0.656. The van der Waals surface area contributed by atoms with E-state index < -0.39 is 0 Å². The Labute approximate surface area is 56.2 Å². The van der Waals surface area contributed by atoms with E-state index in [-0.39, 0.29) is 0 Å². The first-order valence-corrected chi connectivity index (χ1v) is 3.40. The van der Waals surface area contributed by atoms with Gasteiger partial charge in [-0.1, -0.05) is 0 Å². The zero-order chi connectivity index (χ0) is 6.10. The number of pyridine rings is 1. The summed E-state index contributed by atoms with van der Waals surface area (Å²) in [7, 11) is 0. The molecule has 2 aromatic heterocycles. The van der Waals surface area contributed by atoms with Crippen molar-refractivity contribution >= 4 is 21.7 Å². The van der Waals surface area contributed by atoms with Crippen LogP contribution >= 0.6 is 11.3 Å². The Bertz CT molecular complexity index is 285. The summed E-state index contributed by atoms with van der Waals surface area (Å²) < 4.78 is 1.09. The number of thiazole rings is 1. The average molecular weight is 135 g/mol. The van der Waals surface area contributed by atoms with Crippen molar-refractivity contribution in [3.05, 3.63) is 23.8 Å².